The molecule has 3 aromatic rings. The van der Waals surface area contributed by atoms with Crippen molar-refractivity contribution in [2.45, 2.75) is 19.3 Å². The first-order valence-corrected chi connectivity index (χ1v) is 13.4. The number of fused-ring (bicyclic) bond motifs is 1. The van der Waals surface area contributed by atoms with E-state index in [1.165, 1.54) is 4.88 Å². The van der Waals surface area contributed by atoms with Crippen molar-refractivity contribution in [3.8, 4) is 11.5 Å². The number of amides is 2. The van der Waals surface area contributed by atoms with Gasteiger partial charge in [-0.25, -0.2) is 0 Å². The molecule has 0 saturated carbocycles. The monoisotopic (exact) mass is 510 g/mol. The lowest BCUT2D eigenvalue weighted by Gasteiger charge is -2.37. The number of benzene rings is 1. The second-order valence-corrected chi connectivity index (χ2v) is 10.9. The van der Waals surface area contributed by atoms with E-state index in [1.54, 1.807) is 25.6 Å². The molecular formula is C27H34N4O4S. The topological polar surface area (TPSA) is 78.1 Å². The van der Waals surface area contributed by atoms with E-state index in [9.17, 15) is 9.59 Å². The van der Waals surface area contributed by atoms with Crippen LogP contribution in [-0.2, 0) is 11.2 Å². The third-order valence-corrected chi connectivity index (χ3v) is 8.47. The van der Waals surface area contributed by atoms with Crippen molar-refractivity contribution in [2.24, 2.45) is 5.92 Å². The van der Waals surface area contributed by atoms with Crippen molar-refractivity contribution in [3.63, 3.8) is 0 Å². The number of thiophene rings is 1. The molecule has 36 heavy (non-hydrogen) atoms. The fraction of sp³-hybridized carbons (Fsp3) is 0.481. The number of ether oxygens (including phenoxy) is 2. The average Bonchev–Trinajstić information content (AvgIpc) is 3.47. The minimum absolute atomic E-state index is 0.0160. The number of H-pyrrole nitrogens is 1. The SMILES string of the molecule is COc1ccc(Cc2cc3[nH]c(C(=O)N4CCC(C(=O)N5CCN(C)CC5)CC4)cc3s2)c(OC)c1. The Morgan fingerprint density at radius 1 is 0.972 bits per heavy atom. The van der Waals surface area contributed by atoms with Crippen molar-refractivity contribution in [1.29, 1.82) is 0 Å². The predicted octanol–water partition coefficient (Wildman–Crippen LogP) is 3.46. The van der Waals surface area contributed by atoms with E-state index in [-0.39, 0.29) is 17.7 Å². The molecular weight excluding hydrogens is 476 g/mol. The normalized spacial score (nSPS) is 17.5. The van der Waals surface area contributed by atoms with Crippen LogP contribution in [-0.4, -0.2) is 92.0 Å². The van der Waals surface area contributed by atoms with Gasteiger partial charge in [-0.15, -0.1) is 11.3 Å². The standard InChI is InChI=1S/C27H34N4O4S/c1-29-10-12-31(13-11-29)26(32)18-6-8-30(9-7-18)27(33)23-17-25-22(28-23)16-21(36-25)14-19-4-5-20(34-2)15-24(19)35-3/h4-5,15-18,28H,6-14H2,1-3H3. The van der Waals surface area contributed by atoms with Crippen molar-refractivity contribution in [3.05, 3.63) is 46.5 Å². The van der Waals surface area contributed by atoms with Gasteiger partial charge in [-0.1, -0.05) is 6.07 Å². The molecule has 1 aromatic carbocycles. The maximum atomic E-state index is 13.2. The van der Waals surface area contributed by atoms with Crippen LogP contribution in [0.15, 0.2) is 30.3 Å². The van der Waals surface area contributed by atoms with Crippen LogP contribution in [0.3, 0.4) is 0 Å². The van der Waals surface area contributed by atoms with Crippen molar-refractivity contribution >= 4 is 33.4 Å². The third-order valence-electron chi connectivity index (χ3n) is 7.39. The maximum absolute atomic E-state index is 13.2. The largest absolute Gasteiger partial charge is 0.497 e. The molecule has 9 heteroatoms. The average molecular weight is 511 g/mol. The Bertz CT molecular complexity index is 1200. The summed E-state index contributed by atoms with van der Waals surface area (Å²) in [6.45, 7) is 4.73. The van der Waals surface area contributed by atoms with Crippen LogP contribution in [0.5, 0.6) is 11.5 Å². The molecule has 1 N–H and O–H groups in total. The van der Waals surface area contributed by atoms with Gasteiger partial charge in [-0.05, 0) is 43.7 Å². The van der Waals surface area contributed by atoms with Gasteiger partial charge in [0.1, 0.15) is 17.2 Å². The zero-order chi connectivity index (χ0) is 25.2. The Balaban J connectivity index is 1.19. The van der Waals surface area contributed by atoms with Gasteiger partial charge >= 0.3 is 0 Å². The fourth-order valence-corrected chi connectivity index (χ4v) is 6.23. The fourth-order valence-electron chi connectivity index (χ4n) is 5.15. The van der Waals surface area contributed by atoms with Crippen molar-refractivity contribution in [1.82, 2.24) is 19.7 Å². The molecule has 2 saturated heterocycles. The molecule has 0 atom stereocenters. The Morgan fingerprint density at radius 2 is 1.72 bits per heavy atom. The van der Waals surface area contributed by atoms with Gasteiger partial charge in [0.25, 0.3) is 5.91 Å². The number of aromatic amines is 1. The quantitative estimate of drug-likeness (QED) is 0.550. The van der Waals surface area contributed by atoms with Crippen LogP contribution < -0.4 is 9.47 Å². The maximum Gasteiger partial charge on any atom is 0.270 e. The number of carbonyl (C=O) groups excluding carboxylic acids is 2. The van der Waals surface area contributed by atoms with Crippen molar-refractivity contribution in [2.75, 3.05) is 60.5 Å². The summed E-state index contributed by atoms with van der Waals surface area (Å²) in [5.74, 6) is 1.88. The molecule has 8 nitrogen and oxygen atoms in total. The molecule has 192 valence electrons. The zero-order valence-corrected chi connectivity index (χ0v) is 22.0. The summed E-state index contributed by atoms with van der Waals surface area (Å²) in [6, 6.07) is 9.93. The highest BCUT2D eigenvalue weighted by Crippen LogP contribution is 2.32. The molecule has 0 radical (unpaired) electrons. The summed E-state index contributed by atoms with van der Waals surface area (Å²) in [6.07, 6.45) is 2.22. The first-order valence-electron chi connectivity index (χ1n) is 12.5. The molecule has 0 bridgehead atoms. The highest BCUT2D eigenvalue weighted by Gasteiger charge is 2.32. The summed E-state index contributed by atoms with van der Waals surface area (Å²) in [4.78, 5) is 36.7. The molecule has 2 amide bonds. The summed E-state index contributed by atoms with van der Waals surface area (Å²) < 4.78 is 11.9. The van der Waals surface area contributed by atoms with E-state index < -0.39 is 0 Å². The smallest absolute Gasteiger partial charge is 0.270 e. The van der Waals surface area contributed by atoms with Gasteiger partial charge in [0, 0.05) is 62.6 Å². The lowest BCUT2D eigenvalue weighted by atomic mass is 9.94. The molecule has 0 spiro atoms. The number of likely N-dealkylation sites (tertiary alicyclic amines) is 1. The van der Waals surface area contributed by atoms with Crippen LogP contribution in [0.1, 0.15) is 33.8 Å². The molecule has 4 heterocycles. The highest BCUT2D eigenvalue weighted by atomic mass is 32.1. The number of rotatable bonds is 6. The minimum atomic E-state index is 0.0160. The van der Waals surface area contributed by atoms with Gasteiger partial charge < -0.3 is 29.2 Å². The number of nitrogens with one attached hydrogen (secondary N) is 1. The number of piperazine rings is 1. The molecule has 2 aromatic heterocycles. The first kappa shape index (κ1) is 24.6. The lowest BCUT2D eigenvalue weighted by molar-refractivity contribution is -0.138. The van der Waals surface area contributed by atoms with E-state index in [0.717, 1.165) is 72.7 Å². The van der Waals surface area contributed by atoms with Gasteiger partial charge in [0.2, 0.25) is 5.91 Å². The van der Waals surface area contributed by atoms with Crippen molar-refractivity contribution < 1.29 is 19.1 Å². The number of hydrogen-bond acceptors (Lipinski definition) is 6. The second-order valence-electron chi connectivity index (χ2n) is 9.72. The molecule has 0 aliphatic carbocycles. The predicted molar refractivity (Wildman–Crippen MR) is 141 cm³/mol. The van der Waals surface area contributed by atoms with E-state index in [0.29, 0.717) is 18.8 Å². The zero-order valence-electron chi connectivity index (χ0n) is 21.2. The lowest BCUT2D eigenvalue weighted by Crippen LogP contribution is -2.51. The molecule has 2 aliphatic rings. The number of nitrogens with zero attached hydrogens (tertiary/aromatic N) is 3. The molecule has 5 rings (SSSR count). The Morgan fingerprint density at radius 3 is 2.39 bits per heavy atom. The first-order chi connectivity index (χ1) is 17.4. The van der Waals surface area contributed by atoms with E-state index in [1.807, 2.05) is 34.1 Å². The molecule has 0 unspecified atom stereocenters. The Kier molecular flexibility index (Phi) is 7.20. The second kappa shape index (κ2) is 10.5. The molecule has 2 aliphatic heterocycles. The Hall–Kier alpha value is -3.04. The van der Waals surface area contributed by atoms with Crippen LogP contribution >= 0.6 is 11.3 Å². The summed E-state index contributed by atoms with van der Waals surface area (Å²) in [5, 5.41) is 0. The van der Waals surface area contributed by atoms with E-state index in [2.05, 4.69) is 23.0 Å². The van der Waals surface area contributed by atoms with E-state index in [4.69, 9.17) is 9.47 Å². The van der Waals surface area contributed by atoms with Gasteiger partial charge in [0.05, 0.1) is 24.4 Å². The number of piperidine rings is 1. The van der Waals surface area contributed by atoms with Gasteiger partial charge in [-0.2, -0.15) is 0 Å². The number of aromatic nitrogens is 1. The minimum Gasteiger partial charge on any atom is -0.497 e. The number of hydrogen-bond donors (Lipinski definition) is 1. The summed E-state index contributed by atoms with van der Waals surface area (Å²) in [7, 11) is 5.40. The summed E-state index contributed by atoms with van der Waals surface area (Å²) >= 11 is 1.68. The van der Waals surface area contributed by atoms with Gasteiger partial charge in [0.15, 0.2) is 0 Å². The Labute approximate surface area is 215 Å². The van der Waals surface area contributed by atoms with E-state index >= 15 is 0 Å². The van der Waals surface area contributed by atoms with Crippen LogP contribution in [0, 0.1) is 5.92 Å². The highest BCUT2D eigenvalue weighted by molar-refractivity contribution is 7.19. The van der Waals surface area contributed by atoms with Crippen LogP contribution in [0.4, 0.5) is 0 Å². The number of carbonyl (C=O) groups is 2. The molecule has 2 fully saturated rings. The number of likely N-dealkylation sites (N-methyl/N-ethyl adjacent to an activating group) is 1. The van der Waals surface area contributed by atoms with Crippen LogP contribution in [0.2, 0.25) is 0 Å². The number of methoxy groups -OCH3 is 2. The van der Waals surface area contributed by atoms with Crippen LogP contribution in [0.25, 0.3) is 10.2 Å². The summed E-state index contributed by atoms with van der Waals surface area (Å²) in [5.41, 5.74) is 2.69. The van der Waals surface area contributed by atoms with Gasteiger partial charge in [-0.3, -0.25) is 9.59 Å². The third kappa shape index (κ3) is 5.08.